The number of nitrogens with one attached hydrogen (secondary N) is 2. The van der Waals surface area contributed by atoms with E-state index in [1.807, 2.05) is 68.4 Å². The lowest BCUT2D eigenvalue weighted by molar-refractivity contribution is 0.0945. The fourth-order valence-electron chi connectivity index (χ4n) is 2.45. The van der Waals surface area contributed by atoms with Crippen LogP contribution in [0.15, 0.2) is 66.7 Å². The second-order valence-corrected chi connectivity index (χ2v) is 6.26. The molecule has 1 aromatic heterocycles. The molecule has 3 rings (SSSR count). The average molecular weight is 362 g/mol. The first-order valence-corrected chi connectivity index (χ1v) is 8.80. The first kappa shape index (κ1) is 18.4. The van der Waals surface area contributed by atoms with E-state index < -0.39 is 0 Å². The van der Waals surface area contributed by atoms with Crippen LogP contribution in [0.3, 0.4) is 0 Å². The van der Waals surface area contributed by atoms with Crippen LogP contribution in [0.25, 0.3) is 0 Å². The Morgan fingerprint density at radius 3 is 2.41 bits per heavy atom. The van der Waals surface area contributed by atoms with Gasteiger partial charge in [0.05, 0.1) is 11.8 Å². The van der Waals surface area contributed by atoms with Crippen molar-refractivity contribution in [2.24, 2.45) is 0 Å². The zero-order valence-corrected chi connectivity index (χ0v) is 15.3. The first-order chi connectivity index (χ1) is 13.1. The molecule has 0 aliphatic heterocycles. The minimum absolute atomic E-state index is 0.0646. The summed E-state index contributed by atoms with van der Waals surface area (Å²) < 4.78 is 5.78. The van der Waals surface area contributed by atoms with E-state index in [0.717, 1.165) is 17.0 Å². The number of ether oxygens (including phenoxy) is 1. The number of anilines is 2. The summed E-state index contributed by atoms with van der Waals surface area (Å²) in [6.07, 6.45) is 0.0646. The second kappa shape index (κ2) is 8.80. The highest BCUT2D eigenvalue weighted by atomic mass is 16.5. The Hall–Kier alpha value is -3.41. The van der Waals surface area contributed by atoms with E-state index in [0.29, 0.717) is 12.4 Å². The van der Waals surface area contributed by atoms with Crippen molar-refractivity contribution in [1.82, 2.24) is 15.5 Å². The van der Waals surface area contributed by atoms with E-state index in [-0.39, 0.29) is 17.7 Å². The molecule has 2 aromatic carbocycles. The number of hydrogen-bond donors (Lipinski definition) is 2. The average Bonchev–Trinajstić information content (AvgIpc) is 2.69. The van der Waals surface area contributed by atoms with E-state index in [9.17, 15) is 4.79 Å². The number of para-hydroxylation sites is 2. The van der Waals surface area contributed by atoms with Gasteiger partial charge in [0.2, 0.25) is 0 Å². The SMILES string of the molecule is CC(C)Oc1ccccc1Nc1ccc(C(=O)NCc2ccccc2)nn1. The van der Waals surface area contributed by atoms with Crippen molar-refractivity contribution in [3.63, 3.8) is 0 Å². The van der Waals surface area contributed by atoms with Crippen molar-refractivity contribution in [3.05, 3.63) is 78.0 Å². The summed E-state index contributed by atoms with van der Waals surface area (Å²) in [6.45, 7) is 4.39. The maximum Gasteiger partial charge on any atom is 0.272 e. The summed E-state index contributed by atoms with van der Waals surface area (Å²) in [4.78, 5) is 12.2. The smallest absolute Gasteiger partial charge is 0.272 e. The zero-order chi connectivity index (χ0) is 19.1. The quantitative estimate of drug-likeness (QED) is 0.666. The number of nitrogens with zero attached hydrogens (tertiary/aromatic N) is 2. The largest absolute Gasteiger partial charge is 0.489 e. The van der Waals surface area contributed by atoms with Crippen molar-refractivity contribution < 1.29 is 9.53 Å². The number of carbonyl (C=O) groups is 1. The number of rotatable bonds is 7. The Kier molecular flexibility index (Phi) is 5.99. The summed E-state index contributed by atoms with van der Waals surface area (Å²) >= 11 is 0. The lowest BCUT2D eigenvalue weighted by Crippen LogP contribution is -2.24. The third-order valence-corrected chi connectivity index (χ3v) is 3.71. The first-order valence-electron chi connectivity index (χ1n) is 8.80. The molecule has 0 radical (unpaired) electrons. The number of aromatic nitrogens is 2. The molecular weight excluding hydrogens is 340 g/mol. The van der Waals surface area contributed by atoms with Gasteiger partial charge in [-0.25, -0.2) is 0 Å². The molecule has 1 amide bonds. The molecule has 0 bridgehead atoms. The van der Waals surface area contributed by atoms with Gasteiger partial charge in [0, 0.05) is 6.54 Å². The highest BCUT2D eigenvalue weighted by Gasteiger charge is 2.10. The van der Waals surface area contributed by atoms with Crippen LogP contribution in [0, 0.1) is 0 Å². The Balaban J connectivity index is 1.63. The van der Waals surface area contributed by atoms with Crippen LogP contribution in [0.4, 0.5) is 11.5 Å². The number of carbonyl (C=O) groups excluding carboxylic acids is 1. The molecule has 0 saturated heterocycles. The van der Waals surface area contributed by atoms with Crippen LogP contribution in [0.1, 0.15) is 29.9 Å². The van der Waals surface area contributed by atoms with Crippen LogP contribution in [-0.2, 0) is 6.54 Å². The van der Waals surface area contributed by atoms with Crippen molar-refractivity contribution in [3.8, 4) is 5.75 Å². The molecule has 0 aliphatic rings. The molecule has 2 N–H and O–H groups in total. The van der Waals surface area contributed by atoms with Gasteiger partial charge in [-0.1, -0.05) is 42.5 Å². The van der Waals surface area contributed by atoms with Gasteiger partial charge in [-0.15, -0.1) is 10.2 Å². The molecule has 0 fully saturated rings. The van der Waals surface area contributed by atoms with Gasteiger partial charge in [-0.3, -0.25) is 4.79 Å². The van der Waals surface area contributed by atoms with Crippen LogP contribution in [-0.4, -0.2) is 22.2 Å². The third-order valence-electron chi connectivity index (χ3n) is 3.71. The monoisotopic (exact) mass is 362 g/mol. The predicted octanol–water partition coefficient (Wildman–Crippen LogP) is 3.94. The van der Waals surface area contributed by atoms with Gasteiger partial charge in [0.1, 0.15) is 5.75 Å². The summed E-state index contributed by atoms with van der Waals surface area (Å²) in [5.41, 5.74) is 2.09. The van der Waals surface area contributed by atoms with Gasteiger partial charge >= 0.3 is 0 Å². The predicted molar refractivity (Wildman–Crippen MR) is 105 cm³/mol. The Labute approximate surface area is 158 Å². The summed E-state index contributed by atoms with van der Waals surface area (Å²) in [7, 11) is 0. The van der Waals surface area contributed by atoms with E-state index in [2.05, 4.69) is 20.8 Å². The molecule has 0 aliphatic carbocycles. The van der Waals surface area contributed by atoms with Gasteiger partial charge in [0.25, 0.3) is 5.91 Å². The van der Waals surface area contributed by atoms with Crippen molar-refractivity contribution >= 4 is 17.4 Å². The summed E-state index contributed by atoms with van der Waals surface area (Å²) in [6, 6.07) is 20.7. The van der Waals surface area contributed by atoms with Crippen molar-refractivity contribution in [2.45, 2.75) is 26.5 Å². The number of hydrogen-bond acceptors (Lipinski definition) is 5. The molecule has 138 valence electrons. The van der Waals surface area contributed by atoms with Crippen LogP contribution >= 0.6 is 0 Å². The molecule has 0 atom stereocenters. The van der Waals surface area contributed by atoms with Crippen LogP contribution in [0.5, 0.6) is 5.75 Å². The molecule has 3 aromatic rings. The minimum atomic E-state index is -0.263. The summed E-state index contributed by atoms with van der Waals surface area (Å²) in [5, 5.41) is 14.1. The fraction of sp³-hybridized carbons (Fsp3) is 0.190. The molecule has 0 spiro atoms. The highest BCUT2D eigenvalue weighted by Crippen LogP contribution is 2.27. The molecule has 27 heavy (non-hydrogen) atoms. The van der Waals surface area contributed by atoms with Crippen LogP contribution < -0.4 is 15.4 Å². The zero-order valence-electron chi connectivity index (χ0n) is 15.3. The third kappa shape index (κ3) is 5.28. The Bertz CT molecular complexity index is 880. The molecule has 6 nitrogen and oxygen atoms in total. The molecular formula is C21H22N4O2. The van der Waals surface area contributed by atoms with Crippen LogP contribution in [0.2, 0.25) is 0 Å². The lowest BCUT2D eigenvalue weighted by atomic mass is 10.2. The molecule has 0 unspecified atom stereocenters. The maximum atomic E-state index is 12.2. The minimum Gasteiger partial charge on any atom is -0.489 e. The van der Waals surface area contributed by atoms with Crippen molar-refractivity contribution in [1.29, 1.82) is 0 Å². The normalized spacial score (nSPS) is 10.5. The number of amides is 1. The maximum absolute atomic E-state index is 12.2. The van der Waals surface area contributed by atoms with E-state index in [4.69, 9.17) is 4.74 Å². The second-order valence-electron chi connectivity index (χ2n) is 6.26. The van der Waals surface area contributed by atoms with Gasteiger partial charge in [0.15, 0.2) is 11.5 Å². The highest BCUT2D eigenvalue weighted by molar-refractivity contribution is 5.92. The summed E-state index contributed by atoms with van der Waals surface area (Å²) in [5.74, 6) is 1.01. The molecule has 1 heterocycles. The van der Waals surface area contributed by atoms with E-state index in [1.54, 1.807) is 12.1 Å². The topological polar surface area (TPSA) is 76.1 Å². The van der Waals surface area contributed by atoms with E-state index >= 15 is 0 Å². The number of benzene rings is 2. The standard InChI is InChI=1S/C21H22N4O2/c1-15(2)27-19-11-7-6-10-17(19)23-20-13-12-18(24-25-20)21(26)22-14-16-8-4-3-5-9-16/h3-13,15H,14H2,1-2H3,(H,22,26)(H,23,25). The lowest BCUT2D eigenvalue weighted by Gasteiger charge is -2.14. The Morgan fingerprint density at radius 2 is 1.70 bits per heavy atom. The molecule has 0 saturated carbocycles. The van der Waals surface area contributed by atoms with Gasteiger partial charge in [-0.2, -0.15) is 0 Å². The van der Waals surface area contributed by atoms with E-state index in [1.165, 1.54) is 0 Å². The Morgan fingerprint density at radius 1 is 0.963 bits per heavy atom. The molecule has 6 heteroatoms. The van der Waals surface area contributed by atoms with Gasteiger partial charge in [-0.05, 0) is 43.7 Å². The fourth-order valence-corrected chi connectivity index (χ4v) is 2.45. The van der Waals surface area contributed by atoms with Crippen molar-refractivity contribution in [2.75, 3.05) is 5.32 Å². The van der Waals surface area contributed by atoms with Gasteiger partial charge < -0.3 is 15.4 Å².